The number of thioether (sulfide) groups is 1. The Labute approximate surface area is 122 Å². The summed E-state index contributed by atoms with van der Waals surface area (Å²) in [5, 5.41) is 4.01. The molecule has 2 bridgehead atoms. The third kappa shape index (κ3) is 4.18. The van der Waals surface area contributed by atoms with Crippen LogP contribution in [0.15, 0.2) is 41.6 Å². The number of halogens is 1. The van der Waals surface area contributed by atoms with E-state index < -0.39 is 0 Å². The fourth-order valence-electron chi connectivity index (χ4n) is 1.75. The van der Waals surface area contributed by atoms with Gasteiger partial charge in [0.25, 0.3) is 0 Å². The van der Waals surface area contributed by atoms with Crippen molar-refractivity contribution >= 4 is 23.4 Å². The topological polar surface area (TPSA) is 27.1 Å². The Kier molecular flexibility index (Phi) is 5.61. The molecule has 19 heavy (non-hydrogen) atoms. The van der Waals surface area contributed by atoms with Crippen LogP contribution in [0.2, 0.25) is 0 Å². The molecule has 0 aliphatic carbocycles. The molecule has 0 unspecified atom stereocenters. The summed E-state index contributed by atoms with van der Waals surface area (Å²) in [4.78, 5) is 1.31. The first-order valence-electron chi connectivity index (χ1n) is 6.16. The van der Waals surface area contributed by atoms with E-state index in [1.807, 2.05) is 28.7 Å². The second kappa shape index (κ2) is 7.46. The summed E-state index contributed by atoms with van der Waals surface area (Å²) >= 11 is 7.35. The van der Waals surface area contributed by atoms with Crippen LogP contribution in [-0.2, 0) is 12.3 Å². The van der Waals surface area contributed by atoms with E-state index in [0.29, 0.717) is 5.88 Å². The van der Waals surface area contributed by atoms with Crippen LogP contribution in [0.4, 0.5) is 0 Å². The van der Waals surface area contributed by atoms with E-state index >= 15 is 0 Å². The SMILES string of the molecule is COc1cc2ccc1CS2.ClCCCn1cccn1. The highest BCUT2D eigenvalue weighted by Crippen LogP contribution is 2.36. The van der Waals surface area contributed by atoms with Gasteiger partial charge in [0, 0.05) is 41.0 Å². The van der Waals surface area contributed by atoms with Gasteiger partial charge >= 0.3 is 0 Å². The molecule has 0 N–H and O–H groups in total. The van der Waals surface area contributed by atoms with Gasteiger partial charge in [-0.2, -0.15) is 5.10 Å². The van der Waals surface area contributed by atoms with Gasteiger partial charge < -0.3 is 4.74 Å². The lowest BCUT2D eigenvalue weighted by molar-refractivity contribution is 0.409. The quantitative estimate of drug-likeness (QED) is 0.803. The lowest BCUT2D eigenvalue weighted by Gasteiger charge is -2.15. The predicted molar refractivity (Wildman–Crippen MR) is 80.1 cm³/mol. The Morgan fingerprint density at radius 1 is 1.47 bits per heavy atom. The molecular formula is C14H17ClN2OS. The minimum Gasteiger partial charge on any atom is -0.496 e. The second-order valence-electron chi connectivity index (χ2n) is 4.07. The van der Waals surface area contributed by atoms with E-state index in [1.165, 1.54) is 10.5 Å². The summed E-state index contributed by atoms with van der Waals surface area (Å²) in [7, 11) is 1.72. The van der Waals surface area contributed by atoms with Crippen molar-refractivity contribution in [1.82, 2.24) is 9.78 Å². The van der Waals surface area contributed by atoms with Crippen molar-refractivity contribution in [3.8, 4) is 5.75 Å². The zero-order valence-corrected chi connectivity index (χ0v) is 12.5. The summed E-state index contributed by atoms with van der Waals surface area (Å²) in [6.07, 6.45) is 4.70. The van der Waals surface area contributed by atoms with E-state index in [4.69, 9.17) is 16.3 Å². The van der Waals surface area contributed by atoms with Gasteiger partial charge in [0.1, 0.15) is 5.75 Å². The third-order valence-electron chi connectivity index (χ3n) is 2.73. The number of ether oxygens (including phenoxy) is 1. The number of aryl methyl sites for hydroxylation is 1. The van der Waals surface area contributed by atoms with Gasteiger partial charge in [-0.15, -0.1) is 23.4 Å². The Morgan fingerprint density at radius 2 is 2.37 bits per heavy atom. The van der Waals surface area contributed by atoms with Crippen LogP contribution in [-0.4, -0.2) is 22.8 Å². The molecule has 0 spiro atoms. The molecule has 0 saturated carbocycles. The Balaban J connectivity index is 0.000000141. The van der Waals surface area contributed by atoms with Gasteiger partial charge in [0.15, 0.2) is 0 Å². The molecule has 4 rings (SSSR count). The molecule has 0 atom stereocenters. The molecule has 2 aliphatic rings. The van der Waals surface area contributed by atoms with Crippen molar-refractivity contribution < 1.29 is 4.74 Å². The van der Waals surface area contributed by atoms with Gasteiger partial charge in [-0.05, 0) is 24.6 Å². The molecule has 0 fully saturated rings. The lowest BCUT2D eigenvalue weighted by atomic mass is 10.2. The maximum absolute atomic E-state index is 5.48. The van der Waals surface area contributed by atoms with Gasteiger partial charge in [0.05, 0.1) is 7.11 Å². The summed E-state index contributed by atoms with van der Waals surface area (Å²) in [5.41, 5.74) is 1.31. The van der Waals surface area contributed by atoms with Crippen molar-refractivity contribution in [2.75, 3.05) is 13.0 Å². The highest BCUT2D eigenvalue weighted by Gasteiger charge is 2.10. The maximum atomic E-state index is 5.48. The molecule has 1 aromatic heterocycles. The average Bonchev–Trinajstić information content (AvgIpc) is 3.00. The van der Waals surface area contributed by atoms with Gasteiger partial charge in [0.2, 0.25) is 0 Å². The van der Waals surface area contributed by atoms with Crippen LogP contribution in [0.5, 0.6) is 5.75 Å². The van der Waals surface area contributed by atoms with Crippen LogP contribution in [0.3, 0.4) is 0 Å². The molecular weight excluding hydrogens is 280 g/mol. The predicted octanol–water partition coefficient (Wildman–Crippen LogP) is 3.81. The normalized spacial score (nSPS) is 11.9. The minimum atomic E-state index is 0.708. The van der Waals surface area contributed by atoms with Crippen molar-refractivity contribution in [3.05, 3.63) is 42.2 Å². The maximum Gasteiger partial charge on any atom is 0.124 e. The first-order valence-corrected chi connectivity index (χ1v) is 7.68. The summed E-state index contributed by atoms with van der Waals surface area (Å²) in [6.45, 7) is 0.927. The molecule has 0 radical (unpaired) electrons. The van der Waals surface area contributed by atoms with Crippen molar-refractivity contribution in [2.24, 2.45) is 0 Å². The number of nitrogens with zero attached hydrogens (tertiary/aromatic N) is 2. The standard InChI is InChI=1S/C8H8OS.C6H9ClN2/c1-9-8-4-7-3-2-6(8)5-10-7;7-3-1-5-9-6-2-4-8-9/h2-4H,5H2,1H3;2,4,6H,1,3,5H2. The summed E-state index contributed by atoms with van der Waals surface area (Å²) in [6, 6.07) is 8.26. The van der Waals surface area contributed by atoms with Crippen LogP contribution in [0.1, 0.15) is 12.0 Å². The number of hydrogen-bond acceptors (Lipinski definition) is 3. The van der Waals surface area contributed by atoms with E-state index in [9.17, 15) is 0 Å². The molecule has 2 aliphatic heterocycles. The fourth-order valence-corrected chi connectivity index (χ4v) is 2.78. The first-order chi connectivity index (χ1) is 9.33. The first kappa shape index (κ1) is 14.3. The Morgan fingerprint density at radius 3 is 2.79 bits per heavy atom. The fraction of sp³-hybridized carbons (Fsp3) is 0.357. The van der Waals surface area contributed by atoms with Crippen LogP contribution >= 0.6 is 23.4 Å². The molecule has 102 valence electrons. The smallest absolute Gasteiger partial charge is 0.124 e. The number of aromatic nitrogens is 2. The monoisotopic (exact) mass is 296 g/mol. The lowest BCUT2D eigenvalue weighted by Crippen LogP contribution is -1.97. The van der Waals surface area contributed by atoms with E-state index in [-0.39, 0.29) is 0 Å². The number of fused-ring (bicyclic) bond motifs is 3. The highest BCUT2D eigenvalue weighted by atomic mass is 35.5. The van der Waals surface area contributed by atoms with Crippen LogP contribution in [0, 0.1) is 0 Å². The number of rotatable bonds is 4. The van der Waals surface area contributed by atoms with Crippen molar-refractivity contribution in [2.45, 2.75) is 23.6 Å². The number of alkyl halides is 1. The average molecular weight is 297 g/mol. The molecule has 3 heterocycles. The van der Waals surface area contributed by atoms with Crippen molar-refractivity contribution in [3.63, 3.8) is 0 Å². The molecule has 2 aromatic rings. The molecule has 1 aromatic carbocycles. The second-order valence-corrected chi connectivity index (χ2v) is 5.50. The van der Waals surface area contributed by atoms with Crippen LogP contribution in [0.25, 0.3) is 0 Å². The number of hydrogen-bond donors (Lipinski definition) is 0. The summed E-state index contributed by atoms with van der Waals surface area (Å²) < 4.78 is 7.04. The Hall–Kier alpha value is -1.13. The molecule has 0 amide bonds. The highest BCUT2D eigenvalue weighted by molar-refractivity contribution is 7.98. The van der Waals surface area contributed by atoms with Crippen LogP contribution < -0.4 is 4.74 Å². The minimum absolute atomic E-state index is 0.708. The zero-order chi connectivity index (χ0) is 13.5. The molecule has 5 heteroatoms. The zero-order valence-electron chi connectivity index (χ0n) is 10.9. The van der Waals surface area contributed by atoms with Crippen molar-refractivity contribution in [1.29, 1.82) is 0 Å². The van der Waals surface area contributed by atoms with Gasteiger partial charge in [-0.1, -0.05) is 6.07 Å². The van der Waals surface area contributed by atoms with E-state index in [2.05, 4.69) is 23.3 Å². The van der Waals surface area contributed by atoms with E-state index in [1.54, 1.807) is 13.3 Å². The van der Waals surface area contributed by atoms with Gasteiger partial charge in [-0.25, -0.2) is 0 Å². The third-order valence-corrected chi connectivity index (χ3v) is 4.04. The number of methoxy groups -OCH3 is 1. The number of benzene rings is 1. The molecule has 0 saturated heterocycles. The Bertz CT molecular complexity index is 502. The largest absolute Gasteiger partial charge is 0.496 e. The summed E-state index contributed by atoms with van der Waals surface area (Å²) in [5.74, 6) is 2.82. The molecule has 3 nitrogen and oxygen atoms in total. The van der Waals surface area contributed by atoms with Gasteiger partial charge in [-0.3, -0.25) is 4.68 Å². The van der Waals surface area contributed by atoms with E-state index in [0.717, 1.165) is 24.5 Å².